The molecule has 29 heavy (non-hydrogen) atoms. The van der Waals surface area contributed by atoms with Crippen LogP contribution in [-0.2, 0) is 0 Å². The zero-order valence-corrected chi connectivity index (χ0v) is 19.9. The van der Waals surface area contributed by atoms with E-state index in [9.17, 15) is 4.79 Å². The van der Waals surface area contributed by atoms with E-state index in [0.29, 0.717) is 22.3 Å². The summed E-state index contributed by atoms with van der Waals surface area (Å²) in [4.78, 5) is 23.3. The first-order valence-electron chi connectivity index (χ1n) is 9.30. The highest BCUT2D eigenvalue weighted by Gasteiger charge is 2.23. The number of carbonyl (C=O) groups excluding carboxylic acids is 1. The van der Waals surface area contributed by atoms with Crippen molar-refractivity contribution in [3.63, 3.8) is 0 Å². The third-order valence-electron chi connectivity index (χ3n) is 4.69. The summed E-state index contributed by atoms with van der Waals surface area (Å²) in [7, 11) is 0. The summed E-state index contributed by atoms with van der Waals surface area (Å²) in [6.45, 7) is 7.58. The van der Waals surface area contributed by atoms with Crippen molar-refractivity contribution >= 4 is 68.4 Å². The van der Waals surface area contributed by atoms with Crippen molar-refractivity contribution in [1.29, 1.82) is 0 Å². The van der Waals surface area contributed by atoms with Crippen LogP contribution >= 0.6 is 47.1 Å². The number of benzene rings is 2. The third-order valence-corrected chi connectivity index (χ3v) is 6.76. The second-order valence-electron chi connectivity index (χ2n) is 6.29. The molecule has 0 saturated heterocycles. The number of anilines is 1. The highest BCUT2D eigenvalue weighted by atomic mass is 35.5. The lowest BCUT2D eigenvalue weighted by molar-refractivity contribution is 0.0981. The van der Waals surface area contributed by atoms with Gasteiger partial charge in [-0.25, -0.2) is 4.98 Å². The van der Waals surface area contributed by atoms with Crippen LogP contribution in [0.5, 0.6) is 0 Å². The maximum atomic E-state index is 13.5. The Hall–Kier alpha value is -1.31. The number of rotatable bonds is 8. The van der Waals surface area contributed by atoms with Crippen LogP contribution in [0.4, 0.5) is 5.13 Å². The Kier molecular flexibility index (Phi) is 9.24. The SMILES string of the molecule is CCN(CC)CCN(C(=O)c1ccccc1SC)c1nc2ccc(Cl)cc2s1.Cl. The molecule has 4 nitrogen and oxygen atoms in total. The first kappa shape index (κ1) is 24.0. The van der Waals surface area contributed by atoms with Crippen LogP contribution in [0.1, 0.15) is 24.2 Å². The van der Waals surface area contributed by atoms with Crippen LogP contribution in [0.25, 0.3) is 10.2 Å². The molecule has 1 aromatic heterocycles. The number of aromatic nitrogens is 1. The number of fused-ring (bicyclic) bond motifs is 1. The number of carbonyl (C=O) groups is 1. The van der Waals surface area contributed by atoms with E-state index in [4.69, 9.17) is 16.6 Å². The summed E-state index contributed by atoms with van der Waals surface area (Å²) in [5.74, 6) is -0.0118. The molecule has 1 heterocycles. The van der Waals surface area contributed by atoms with Crippen molar-refractivity contribution in [2.24, 2.45) is 0 Å². The zero-order valence-electron chi connectivity index (χ0n) is 16.7. The molecule has 0 aliphatic carbocycles. The van der Waals surface area contributed by atoms with Gasteiger partial charge < -0.3 is 4.90 Å². The zero-order chi connectivity index (χ0) is 20.1. The van der Waals surface area contributed by atoms with Gasteiger partial charge >= 0.3 is 0 Å². The molecule has 2 aromatic carbocycles. The maximum absolute atomic E-state index is 13.5. The van der Waals surface area contributed by atoms with Crippen LogP contribution in [0.15, 0.2) is 47.4 Å². The summed E-state index contributed by atoms with van der Waals surface area (Å²) in [5.41, 5.74) is 1.58. The van der Waals surface area contributed by atoms with Gasteiger partial charge in [0.05, 0.1) is 15.8 Å². The summed E-state index contributed by atoms with van der Waals surface area (Å²) in [6, 6.07) is 13.4. The molecule has 156 valence electrons. The van der Waals surface area contributed by atoms with E-state index in [-0.39, 0.29) is 18.3 Å². The minimum atomic E-state index is -0.0118. The predicted octanol–water partition coefficient (Wildman–Crippen LogP) is 6.08. The van der Waals surface area contributed by atoms with Crippen molar-refractivity contribution in [3.8, 4) is 0 Å². The van der Waals surface area contributed by atoms with Crippen molar-refractivity contribution < 1.29 is 4.79 Å². The van der Waals surface area contributed by atoms with Crippen molar-refractivity contribution in [3.05, 3.63) is 53.1 Å². The molecule has 8 heteroatoms. The fourth-order valence-electron chi connectivity index (χ4n) is 3.03. The van der Waals surface area contributed by atoms with Crippen molar-refractivity contribution in [2.75, 3.05) is 37.3 Å². The minimum Gasteiger partial charge on any atom is -0.302 e. The fraction of sp³-hybridized carbons (Fsp3) is 0.333. The molecular weight excluding hydrogens is 445 g/mol. The number of thioether (sulfide) groups is 1. The maximum Gasteiger partial charge on any atom is 0.261 e. The molecule has 0 aliphatic heterocycles. The molecule has 0 N–H and O–H groups in total. The Labute approximate surface area is 191 Å². The van der Waals surface area contributed by atoms with E-state index in [2.05, 4.69) is 18.7 Å². The van der Waals surface area contributed by atoms with Crippen LogP contribution in [0, 0.1) is 0 Å². The molecule has 3 rings (SSSR count). The molecule has 0 unspecified atom stereocenters. The van der Waals surface area contributed by atoms with Crippen LogP contribution in [0.3, 0.4) is 0 Å². The highest BCUT2D eigenvalue weighted by Crippen LogP contribution is 2.32. The largest absolute Gasteiger partial charge is 0.302 e. The fourth-order valence-corrected chi connectivity index (χ4v) is 4.89. The Bertz CT molecular complexity index is 960. The lowest BCUT2D eigenvalue weighted by atomic mass is 10.2. The molecule has 0 atom stereocenters. The second kappa shape index (κ2) is 11.2. The molecule has 0 saturated carbocycles. The van der Waals surface area contributed by atoms with E-state index in [1.807, 2.05) is 53.6 Å². The standard InChI is InChI=1S/C21H24ClN3OS2.ClH/c1-4-24(5-2)12-13-25(20(26)16-8-6-7-9-18(16)27-3)21-23-17-11-10-15(22)14-19(17)28-21;/h6-11,14H,4-5,12-13H2,1-3H3;1H. The van der Waals surface area contributed by atoms with Crippen LogP contribution in [-0.4, -0.2) is 48.2 Å². The summed E-state index contributed by atoms with van der Waals surface area (Å²) in [5, 5.41) is 1.39. The van der Waals surface area contributed by atoms with Gasteiger partial charge in [0, 0.05) is 23.0 Å². The van der Waals surface area contributed by atoms with Gasteiger partial charge in [0.1, 0.15) is 0 Å². The third kappa shape index (κ3) is 5.64. The smallest absolute Gasteiger partial charge is 0.261 e. The molecule has 3 aromatic rings. The monoisotopic (exact) mass is 469 g/mol. The lowest BCUT2D eigenvalue weighted by Crippen LogP contribution is -2.39. The second-order valence-corrected chi connectivity index (χ2v) is 8.59. The number of nitrogens with zero attached hydrogens (tertiary/aromatic N) is 3. The quantitative estimate of drug-likeness (QED) is 0.374. The van der Waals surface area contributed by atoms with Gasteiger partial charge in [0.2, 0.25) is 0 Å². The molecule has 0 fully saturated rings. The Morgan fingerprint density at radius 3 is 2.55 bits per heavy atom. The van der Waals surface area contributed by atoms with Gasteiger partial charge in [-0.15, -0.1) is 24.2 Å². The number of amides is 1. The van der Waals surface area contributed by atoms with E-state index >= 15 is 0 Å². The van der Waals surface area contributed by atoms with Crippen LogP contribution < -0.4 is 4.90 Å². The summed E-state index contributed by atoms with van der Waals surface area (Å²) >= 11 is 9.23. The van der Waals surface area contributed by atoms with E-state index < -0.39 is 0 Å². The average Bonchev–Trinajstić information content (AvgIpc) is 3.13. The minimum absolute atomic E-state index is 0. The molecular formula is C21H25Cl2N3OS2. The van der Waals surface area contributed by atoms with Gasteiger partial charge in [0.25, 0.3) is 5.91 Å². The lowest BCUT2D eigenvalue weighted by Gasteiger charge is -2.25. The first-order chi connectivity index (χ1) is 13.6. The van der Waals surface area contributed by atoms with E-state index in [1.54, 1.807) is 11.8 Å². The topological polar surface area (TPSA) is 36.4 Å². The van der Waals surface area contributed by atoms with Crippen LogP contribution in [0.2, 0.25) is 5.02 Å². The van der Waals surface area contributed by atoms with Crippen molar-refractivity contribution in [1.82, 2.24) is 9.88 Å². The predicted molar refractivity (Wildman–Crippen MR) is 130 cm³/mol. The van der Waals surface area contributed by atoms with Gasteiger partial charge in [-0.1, -0.05) is 48.9 Å². The summed E-state index contributed by atoms with van der Waals surface area (Å²) in [6.07, 6.45) is 1.99. The van der Waals surface area contributed by atoms with E-state index in [1.165, 1.54) is 11.3 Å². The average molecular weight is 470 g/mol. The molecule has 0 aliphatic rings. The first-order valence-corrected chi connectivity index (χ1v) is 11.7. The number of hydrogen-bond donors (Lipinski definition) is 0. The summed E-state index contributed by atoms with van der Waals surface area (Å²) < 4.78 is 0.987. The van der Waals surface area contributed by atoms with Gasteiger partial charge in [-0.05, 0) is 49.7 Å². The number of halogens is 2. The highest BCUT2D eigenvalue weighted by molar-refractivity contribution is 7.98. The Morgan fingerprint density at radius 1 is 1.14 bits per heavy atom. The number of likely N-dealkylation sites (N-methyl/N-ethyl adjacent to an activating group) is 1. The van der Waals surface area contributed by atoms with Gasteiger partial charge in [-0.2, -0.15) is 0 Å². The van der Waals surface area contributed by atoms with Crippen molar-refractivity contribution in [2.45, 2.75) is 18.7 Å². The van der Waals surface area contributed by atoms with Gasteiger partial charge in [0.15, 0.2) is 5.13 Å². The van der Waals surface area contributed by atoms with E-state index in [0.717, 1.165) is 34.7 Å². The molecule has 1 amide bonds. The van der Waals surface area contributed by atoms with Gasteiger partial charge in [-0.3, -0.25) is 9.69 Å². The number of thiazole rings is 1. The Balaban J connectivity index is 0.00000300. The Morgan fingerprint density at radius 2 is 1.86 bits per heavy atom. The molecule has 0 spiro atoms. The normalized spacial score (nSPS) is 10.9. The number of hydrogen-bond acceptors (Lipinski definition) is 5. The molecule has 0 radical (unpaired) electrons. The molecule has 0 bridgehead atoms.